The molecule has 10 heteroatoms. The Morgan fingerprint density at radius 2 is 0.520 bits per heavy atom. The monoisotopic (exact) mass is 1370 g/mol. The molecule has 2 N–H and O–H groups in total. The van der Waals surface area contributed by atoms with Gasteiger partial charge in [0, 0.05) is 25.7 Å². The first-order chi connectivity index (χ1) is 47.7. The van der Waals surface area contributed by atoms with Crippen LogP contribution in [-0.2, 0) is 56.9 Å². The minimum absolute atomic E-state index is 0.215. The quantitative estimate of drug-likeness (QED) is 0.0738. The van der Waals surface area contributed by atoms with Crippen LogP contribution in [-0.4, -0.2) is 37.7 Å². The van der Waals surface area contributed by atoms with Crippen molar-refractivity contribution in [1.29, 1.82) is 0 Å². The van der Waals surface area contributed by atoms with E-state index in [1.165, 1.54) is 21.2 Å². The van der Waals surface area contributed by atoms with E-state index in [-0.39, 0.29) is 58.8 Å². The first-order valence-corrected chi connectivity index (χ1v) is 38.4. The molecule has 0 aromatic heterocycles. The summed E-state index contributed by atoms with van der Waals surface area (Å²) < 4.78 is 30.1. The molecule has 0 spiro atoms. The number of rotatable bonds is 20. The molecule has 1 aliphatic carbocycles. The summed E-state index contributed by atoms with van der Waals surface area (Å²) in [5.41, 5.74) is 13.1. The molecule has 11 rings (SSSR count). The zero-order chi connectivity index (χ0) is 70.9. The molecule has 0 heterocycles. The number of ether oxygens (including phenoxy) is 4. The van der Waals surface area contributed by atoms with Crippen molar-refractivity contribution in [3.63, 3.8) is 0 Å². The predicted molar refractivity (Wildman–Crippen MR) is 418 cm³/mol. The minimum atomic E-state index is -1.03. The maximum Gasteiger partial charge on any atom is 0.258 e. The Kier molecular flexibility index (Phi) is 22.7. The lowest BCUT2D eigenvalue weighted by Crippen LogP contribution is -2.31. The van der Waals surface area contributed by atoms with E-state index in [0.29, 0.717) is 49.9 Å². The number of carbonyl (C=O) groups is 2. The topological polar surface area (TPSA) is 95.1 Å². The number of benzene rings is 10. The number of carbonyl (C=O) groups excluding carboxylic acids is 2. The van der Waals surface area contributed by atoms with Crippen LogP contribution in [0.3, 0.4) is 0 Å². The number of hydrogen-bond donors (Lipinski definition) is 2. The lowest BCUT2D eigenvalue weighted by atomic mass is 9.79. The van der Waals surface area contributed by atoms with Crippen LogP contribution in [0.1, 0.15) is 187 Å². The maximum absolute atomic E-state index is 14.6. The largest absolute Gasteiger partial charge is 0.488 e. The average molecular weight is 1370 g/mol. The van der Waals surface area contributed by atoms with Crippen molar-refractivity contribution in [2.75, 3.05) is 25.9 Å². The van der Waals surface area contributed by atoms with E-state index in [0.717, 1.165) is 89.4 Å². The summed E-state index contributed by atoms with van der Waals surface area (Å²) in [5.74, 6) is 2.45. The number of hydrogen-bond acceptors (Lipinski definition) is 6. The smallest absolute Gasteiger partial charge is 0.258 e. The minimum Gasteiger partial charge on any atom is -0.488 e. The molecule has 0 radical (unpaired) electrons. The van der Waals surface area contributed by atoms with Crippen LogP contribution in [0.2, 0.25) is 0 Å². The fourth-order valence-corrected chi connectivity index (χ4v) is 17.0. The highest BCUT2D eigenvalue weighted by molar-refractivity contribution is 7.73. The van der Waals surface area contributed by atoms with E-state index >= 15 is 0 Å². The van der Waals surface area contributed by atoms with E-state index in [4.69, 9.17) is 18.9 Å². The van der Waals surface area contributed by atoms with Crippen molar-refractivity contribution in [3.8, 4) is 23.0 Å². The van der Waals surface area contributed by atoms with Crippen LogP contribution in [0.5, 0.6) is 23.0 Å². The normalized spacial score (nSPS) is 13.3. The molecule has 2 atom stereocenters. The molecular weight excluding hydrogens is 1270 g/mol. The summed E-state index contributed by atoms with van der Waals surface area (Å²) in [6, 6.07) is 81.3. The van der Waals surface area contributed by atoms with Crippen LogP contribution < -0.4 is 50.8 Å². The SMILES string of the molecule is C[C@@H](NC(=O)COc1c2cc(C(C)(C)C)cc1Cc1cc(C(C)(C)C)cc(c1OCP(c1ccccc1)c1ccccc1)Cc1cc(C(C)(C)C)cc(c1OCC(=O)N[C@H](C)c1ccccc1)Cc1cc(C(C)(C)C)cc(c1OCP(c1ccccc1)c1ccccc1)C2)c1ccccc1. The van der Waals surface area contributed by atoms with Gasteiger partial charge in [0.15, 0.2) is 13.2 Å². The summed E-state index contributed by atoms with van der Waals surface area (Å²) in [6.07, 6.45) is 2.41. The second kappa shape index (κ2) is 31.4. The van der Waals surface area contributed by atoms with Gasteiger partial charge in [0.05, 0.1) is 12.1 Å². The van der Waals surface area contributed by atoms with Crippen LogP contribution in [0, 0.1) is 0 Å². The Labute approximate surface area is 598 Å². The standard InChI is InChI=1S/C90H100N2O6P2/c1-61(63-33-21-15-22-34-63)91-81(93)57-95-83-65-45-69-53-75(89(9,10)11)55-71(85(69)97-59-99(77-37-25-17-26-38-77)78-39-27-18-28-40-78)47-67-51-74(88(6,7)8)52-68(84(67)96-58-82(94)92-62(2)64-35-23-16-24-36-64)48-72-56-76(90(12,13)14)54-70(46-66(83)50-73(49-65)87(3,4)5)86(72)98-60-100(79-41-29-19-30-42-79)80-43-31-20-32-44-80/h15-44,49-56,61-62H,45-48,57-60H2,1-14H3,(H,91,93)(H,92,94)/t61-,62-/m1/s1. The Balaban J connectivity index is 1.19. The zero-order valence-electron chi connectivity index (χ0n) is 61.1. The van der Waals surface area contributed by atoms with Gasteiger partial charge in [0.2, 0.25) is 0 Å². The summed E-state index contributed by atoms with van der Waals surface area (Å²) >= 11 is 0. The molecule has 8 bridgehead atoms. The summed E-state index contributed by atoms with van der Waals surface area (Å²) in [6.45, 7) is 30.9. The highest BCUT2D eigenvalue weighted by Crippen LogP contribution is 2.47. The third-order valence-corrected chi connectivity index (χ3v) is 23.4. The molecular formula is C90H100N2O6P2. The van der Waals surface area contributed by atoms with Crippen LogP contribution in [0.4, 0.5) is 0 Å². The van der Waals surface area contributed by atoms with Crippen LogP contribution in [0.25, 0.3) is 0 Å². The third kappa shape index (κ3) is 18.2. The van der Waals surface area contributed by atoms with Crippen molar-refractivity contribution in [2.45, 2.75) is 156 Å². The molecule has 10 aromatic carbocycles. The van der Waals surface area contributed by atoms with Crippen molar-refractivity contribution in [1.82, 2.24) is 10.6 Å². The fourth-order valence-electron chi connectivity index (χ4n) is 13.1. The molecule has 2 amide bonds. The highest BCUT2D eigenvalue weighted by Gasteiger charge is 2.32. The Morgan fingerprint density at radius 1 is 0.320 bits per heavy atom. The second-order valence-corrected chi connectivity index (χ2v) is 35.2. The van der Waals surface area contributed by atoms with Crippen LogP contribution in [0.15, 0.2) is 231 Å². The molecule has 0 saturated carbocycles. The van der Waals surface area contributed by atoms with E-state index in [2.05, 4.69) is 264 Å². The van der Waals surface area contributed by atoms with Gasteiger partial charge in [-0.05, 0) is 150 Å². The van der Waals surface area contributed by atoms with Gasteiger partial charge in [-0.1, -0.05) is 314 Å². The van der Waals surface area contributed by atoms with E-state index in [1.54, 1.807) is 0 Å². The van der Waals surface area contributed by atoms with Crippen LogP contribution >= 0.6 is 15.8 Å². The molecule has 1 aliphatic rings. The Morgan fingerprint density at radius 3 is 0.730 bits per heavy atom. The number of amides is 2. The van der Waals surface area contributed by atoms with Gasteiger partial charge < -0.3 is 29.6 Å². The van der Waals surface area contributed by atoms with Crippen molar-refractivity contribution in [3.05, 3.63) is 308 Å². The molecule has 8 nitrogen and oxygen atoms in total. The third-order valence-electron chi connectivity index (χ3n) is 19.0. The summed E-state index contributed by atoms with van der Waals surface area (Å²) in [7, 11) is -2.06. The van der Waals surface area contributed by atoms with Gasteiger partial charge in [-0.2, -0.15) is 0 Å². The highest BCUT2D eigenvalue weighted by atomic mass is 31.1. The predicted octanol–water partition coefficient (Wildman–Crippen LogP) is 19.0. The van der Waals surface area contributed by atoms with Gasteiger partial charge in [0.1, 0.15) is 35.7 Å². The Hall–Kier alpha value is -8.80. The van der Waals surface area contributed by atoms with E-state index in [9.17, 15) is 9.59 Å². The fraction of sp³-hybridized carbons (Fsp3) is 0.311. The van der Waals surface area contributed by atoms with Gasteiger partial charge >= 0.3 is 0 Å². The molecule has 0 aliphatic heterocycles. The lowest BCUT2D eigenvalue weighted by molar-refractivity contribution is -0.124. The van der Waals surface area contributed by atoms with Gasteiger partial charge in [-0.15, -0.1) is 0 Å². The first kappa shape index (κ1) is 72.5. The molecule has 0 fully saturated rings. The van der Waals surface area contributed by atoms with Gasteiger partial charge in [-0.3, -0.25) is 9.59 Å². The molecule has 0 unspecified atom stereocenters. The molecule has 10 aromatic rings. The van der Waals surface area contributed by atoms with Crippen molar-refractivity contribution in [2.24, 2.45) is 0 Å². The molecule has 100 heavy (non-hydrogen) atoms. The Bertz CT molecular complexity index is 3960. The first-order valence-electron chi connectivity index (χ1n) is 35.3. The van der Waals surface area contributed by atoms with Crippen molar-refractivity contribution < 1.29 is 28.5 Å². The van der Waals surface area contributed by atoms with E-state index < -0.39 is 15.8 Å². The molecule has 516 valence electrons. The van der Waals surface area contributed by atoms with Gasteiger partial charge in [-0.25, -0.2) is 0 Å². The number of nitrogens with one attached hydrogen (secondary N) is 2. The maximum atomic E-state index is 14.6. The van der Waals surface area contributed by atoms with Gasteiger partial charge in [0.25, 0.3) is 11.8 Å². The molecule has 0 saturated heterocycles. The number of fused-ring (bicyclic) bond motifs is 8. The second-order valence-electron chi connectivity index (χ2n) is 30.9. The zero-order valence-corrected chi connectivity index (χ0v) is 62.9. The van der Waals surface area contributed by atoms with Crippen molar-refractivity contribution >= 4 is 48.9 Å². The summed E-state index contributed by atoms with van der Waals surface area (Å²) in [5, 5.41) is 11.4. The summed E-state index contributed by atoms with van der Waals surface area (Å²) in [4.78, 5) is 29.3. The average Bonchev–Trinajstić information content (AvgIpc) is 0.763. The lowest BCUT2D eigenvalue weighted by Gasteiger charge is -2.30. The van der Waals surface area contributed by atoms with E-state index in [1.807, 2.05) is 74.5 Å².